The molecule has 0 unspecified atom stereocenters. The number of anilines is 1. The number of hydrogen-bond acceptors (Lipinski definition) is 4. The van der Waals surface area contributed by atoms with Crippen molar-refractivity contribution in [2.24, 2.45) is 5.92 Å². The van der Waals surface area contributed by atoms with Gasteiger partial charge in [-0.15, -0.1) is 11.3 Å². The lowest BCUT2D eigenvalue weighted by molar-refractivity contribution is -0.115. The first kappa shape index (κ1) is 9.61. The van der Waals surface area contributed by atoms with Crippen molar-refractivity contribution >= 4 is 22.4 Å². The van der Waals surface area contributed by atoms with E-state index in [4.69, 9.17) is 0 Å². The molecule has 0 aliphatic heterocycles. The highest BCUT2D eigenvalue weighted by Gasteiger charge is 2.20. The van der Waals surface area contributed by atoms with E-state index >= 15 is 0 Å². The summed E-state index contributed by atoms with van der Waals surface area (Å²) in [5, 5.41) is 8.36. The lowest BCUT2D eigenvalue weighted by Crippen LogP contribution is -2.29. The Morgan fingerprint density at radius 2 is 2.50 bits per heavy atom. The van der Waals surface area contributed by atoms with Crippen LogP contribution in [0.2, 0.25) is 0 Å². The van der Waals surface area contributed by atoms with Crippen LogP contribution in [0, 0.1) is 5.92 Å². The molecule has 1 aliphatic carbocycles. The molecule has 1 aromatic heterocycles. The van der Waals surface area contributed by atoms with Crippen molar-refractivity contribution in [1.82, 2.24) is 10.3 Å². The molecule has 0 spiro atoms. The summed E-state index contributed by atoms with van der Waals surface area (Å²) in [7, 11) is 0. The molecular weight excluding hydrogens is 198 g/mol. The van der Waals surface area contributed by atoms with Gasteiger partial charge in [0.2, 0.25) is 5.91 Å². The number of carbonyl (C=O) groups is 1. The van der Waals surface area contributed by atoms with E-state index in [9.17, 15) is 4.79 Å². The lowest BCUT2D eigenvalue weighted by atomic mass is 10.4. The Kier molecular flexibility index (Phi) is 3.10. The van der Waals surface area contributed by atoms with Gasteiger partial charge in [0.05, 0.1) is 6.54 Å². The molecule has 0 aromatic carbocycles. The monoisotopic (exact) mass is 211 g/mol. The number of nitrogens with one attached hydrogen (secondary N) is 2. The maximum Gasteiger partial charge on any atom is 0.240 e. The van der Waals surface area contributed by atoms with Crippen LogP contribution in [0.3, 0.4) is 0 Å². The van der Waals surface area contributed by atoms with Crippen LogP contribution in [0.5, 0.6) is 0 Å². The number of thiazole rings is 1. The summed E-state index contributed by atoms with van der Waals surface area (Å²) in [5.74, 6) is 0.795. The smallest absolute Gasteiger partial charge is 0.240 e. The van der Waals surface area contributed by atoms with Crippen molar-refractivity contribution in [2.45, 2.75) is 12.8 Å². The summed E-state index contributed by atoms with van der Waals surface area (Å²) >= 11 is 1.43. The van der Waals surface area contributed by atoms with Crippen molar-refractivity contribution in [3.05, 3.63) is 11.6 Å². The van der Waals surface area contributed by atoms with Crippen molar-refractivity contribution in [1.29, 1.82) is 0 Å². The molecule has 14 heavy (non-hydrogen) atoms. The van der Waals surface area contributed by atoms with Gasteiger partial charge in [0, 0.05) is 11.6 Å². The van der Waals surface area contributed by atoms with Gasteiger partial charge in [0.15, 0.2) is 5.13 Å². The summed E-state index contributed by atoms with van der Waals surface area (Å²) in [6, 6.07) is 0. The molecule has 1 aromatic rings. The van der Waals surface area contributed by atoms with Crippen molar-refractivity contribution in [3.8, 4) is 0 Å². The minimum Gasteiger partial charge on any atom is -0.308 e. The van der Waals surface area contributed by atoms with Gasteiger partial charge >= 0.3 is 0 Å². The van der Waals surface area contributed by atoms with E-state index in [1.807, 2.05) is 5.38 Å². The van der Waals surface area contributed by atoms with Gasteiger partial charge in [0.25, 0.3) is 0 Å². The van der Waals surface area contributed by atoms with Gasteiger partial charge in [-0.3, -0.25) is 4.79 Å². The van der Waals surface area contributed by atoms with Crippen LogP contribution in [0.25, 0.3) is 0 Å². The molecule has 5 heteroatoms. The molecule has 1 aliphatic rings. The Morgan fingerprint density at radius 1 is 1.64 bits per heavy atom. The van der Waals surface area contributed by atoms with E-state index < -0.39 is 0 Å². The molecule has 2 N–H and O–H groups in total. The zero-order chi connectivity index (χ0) is 9.80. The fourth-order valence-corrected chi connectivity index (χ4v) is 1.71. The Hall–Kier alpha value is -0.940. The fourth-order valence-electron chi connectivity index (χ4n) is 1.16. The van der Waals surface area contributed by atoms with Crippen LogP contribution in [0.4, 0.5) is 5.13 Å². The highest BCUT2D eigenvalue weighted by molar-refractivity contribution is 7.13. The molecule has 1 amide bonds. The second-order valence-corrected chi connectivity index (χ2v) is 4.35. The molecule has 0 atom stereocenters. The molecule has 0 saturated heterocycles. The van der Waals surface area contributed by atoms with Crippen LogP contribution in [-0.2, 0) is 4.79 Å². The standard InChI is InChI=1S/C9H13N3OS/c13-8(6-10-5-7-1-2-7)12-9-11-3-4-14-9/h3-4,7,10H,1-2,5-6H2,(H,11,12,13). The van der Waals surface area contributed by atoms with Crippen molar-refractivity contribution in [2.75, 3.05) is 18.4 Å². The topological polar surface area (TPSA) is 54.0 Å². The number of aromatic nitrogens is 1. The molecule has 0 radical (unpaired) electrons. The maximum absolute atomic E-state index is 11.3. The zero-order valence-electron chi connectivity index (χ0n) is 7.82. The van der Waals surface area contributed by atoms with E-state index in [2.05, 4.69) is 15.6 Å². The molecule has 76 valence electrons. The van der Waals surface area contributed by atoms with Gasteiger partial charge < -0.3 is 10.6 Å². The highest BCUT2D eigenvalue weighted by atomic mass is 32.1. The number of hydrogen-bond donors (Lipinski definition) is 2. The second kappa shape index (κ2) is 4.52. The zero-order valence-corrected chi connectivity index (χ0v) is 8.64. The number of carbonyl (C=O) groups excluding carboxylic acids is 1. The molecule has 1 fully saturated rings. The molecule has 1 saturated carbocycles. The first-order valence-electron chi connectivity index (χ1n) is 4.74. The summed E-state index contributed by atoms with van der Waals surface area (Å²) in [6.07, 6.45) is 4.29. The predicted molar refractivity (Wildman–Crippen MR) is 56.3 cm³/mol. The molecule has 1 heterocycles. The third-order valence-corrected chi connectivity index (χ3v) is 2.78. The fraction of sp³-hybridized carbons (Fsp3) is 0.556. The average molecular weight is 211 g/mol. The summed E-state index contributed by atoms with van der Waals surface area (Å²) in [6.45, 7) is 1.35. The summed E-state index contributed by atoms with van der Waals surface area (Å²) in [5.41, 5.74) is 0. The Bertz CT molecular complexity index is 295. The number of rotatable bonds is 5. The van der Waals surface area contributed by atoms with E-state index in [-0.39, 0.29) is 5.91 Å². The Balaban J connectivity index is 1.62. The van der Waals surface area contributed by atoms with E-state index in [1.165, 1.54) is 24.2 Å². The van der Waals surface area contributed by atoms with Crippen molar-refractivity contribution < 1.29 is 4.79 Å². The molecule has 4 nitrogen and oxygen atoms in total. The van der Waals surface area contributed by atoms with E-state index in [0.717, 1.165) is 12.5 Å². The van der Waals surface area contributed by atoms with E-state index in [1.54, 1.807) is 6.20 Å². The predicted octanol–water partition coefficient (Wildman–Crippen LogP) is 1.08. The lowest BCUT2D eigenvalue weighted by Gasteiger charge is -2.02. The third kappa shape index (κ3) is 3.08. The van der Waals surface area contributed by atoms with E-state index in [0.29, 0.717) is 11.7 Å². The minimum absolute atomic E-state index is 0.0133. The van der Waals surface area contributed by atoms with Crippen LogP contribution < -0.4 is 10.6 Å². The maximum atomic E-state index is 11.3. The van der Waals surface area contributed by atoms with Crippen LogP contribution in [-0.4, -0.2) is 24.0 Å². The van der Waals surface area contributed by atoms with Crippen molar-refractivity contribution in [3.63, 3.8) is 0 Å². The Morgan fingerprint density at radius 3 is 3.14 bits per heavy atom. The first-order chi connectivity index (χ1) is 6.84. The third-order valence-electron chi connectivity index (χ3n) is 2.09. The molecular formula is C9H13N3OS. The van der Waals surface area contributed by atoms with Gasteiger partial charge in [0.1, 0.15) is 0 Å². The van der Waals surface area contributed by atoms with Crippen LogP contribution in [0.15, 0.2) is 11.6 Å². The minimum atomic E-state index is -0.0133. The summed E-state index contributed by atoms with van der Waals surface area (Å²) in [4.78, 5) is 15.3. The van der Waals surface area contributed by atoms with Gasteiger partial charge in [-0.1, -0.05) is 0 Å². The highest BCUT2D eigenvalue weighted by Crippen LogP contribution is 2.27. The Labute approximate surface area is 86.7 Å². The largest absolute Gasteiger partial charge is 0.308 e. The summed E-state index contributed by atoms with van der Waals surface area (Å²) < 4.78 is 0. The molecule has 0 bridgehead atoms. The normalized spacial score (nSPS) is 15.4. The number of nitrogens with zero attached hydrogens (tertiary/aromatic N) is 1. The van der Waals surface area contributed by atoms with Crippen LogP contribution in [0.1, 0.15) is 12.8 Å². The van der Waals surface area contributed by atoms with Crippen LogP contribution >= 0.6 is 11.3 Å². The first-order valence-corrected chi connectivity index (χ1v) is 5.62. The van der Waals surface area contributed by atoms with Gasteiger partial charge in [-0.25, -0.2) is 4.98 Å². The quantitative estimate of drug-likeness (QED) is 0.766. The second-order valence-electron chi connectivity index (χ2n) is 3.46. The molecule has 2 rings (SSSR count). The van der Waals surface area contributed by atoms with Gasteiger partial charge in [-0.2, -0.15) is 0 Å². The van der Waals surface area contributed by atoms with Gasteiger partial charge in [-0.05, 0) is 25.3 Å². The SMILES string of the molecule is O=C(CNCC1CC1)Nc1nccs1. The number of amides is 1. The average Bonchev–Trinajstić information content (AvgIpc) is 2.83.